The molecule has 0 radical (unpaired) electrons. The smallest absolute Gasteiger partial charge is 0.228 e. The van der Waals surface area contributed by atoms with Crippen molar-refractivity contribution in [3.8, 4) is 0 Å². The van der Waals surface area contributed by atoms with Crippen molar-refractivity contribution in [2.45, 2.75) is 32.4 Å². The highest BCUT2D eigenvalue weighted by Gasteiger charge is 2.33. The van der Waals surface area contributed by atoms with Gasteiger partial charge in [0.2, 0.25) is 11.8 Å². The van der Waals surface area contributed by atoms with Crippen molar-refractivity contribution >= 4 is 17.5 Å². The van der Waals surface area contributed by atoms with Crippen LogP contribution in [-0.4, -0.2) is 42.9 Å². The first-order valence-electron chi connectivity index (χ1n) is 7.92. The Labute approximate surface area is 131 Å². The minimum absolute atomic E-state index is 0.0537. The molecule has 118 valence electrons. The van der Waals surface area contributed by atoms with E-state index >= 15 is 0 Å². The predicted octanol–water partition coefficient (Wildman–Crippen LogP) is 1.38. The van der Waals surface area contributed by atoms with Gasteiger partial charge in [-0.25, -0.2) is 0 Å². The van der Waals surface area contributed by atoms with Crippen LogP contribution in [0.25, 0.3) is 0 Å². The number of fused-ring (bicyclic) bond motifs is 1. The third-order valence-corrected chi connectivity index (χ3v) is 4.71. The minimum atomic E-state index is -0.0873. The predicted molar refractivity (Wildman–Crippen MR) is 85.5 cm³/mol. The quantitative estimate of drug-likeness (QED) is 0.852. The maximum Gasteiger partial charge on any atom is 0.228 e. The number of para-hydroxylation sites is 1. The first-order chi connectivity index (χ1) is 10.6. The molecule has 22 heavy (non-hydrogen) atoms. The fraction of sp³-hybridized carbons (Fsp3) is 0.529. The number of hydrogen-bond donors (Lipinski definition) is 1. The Morgan fingerprint density at radius 2 is 2.09 bits per heavy atom. The molecule has 2 aliphatic heterocycles. The molecule has 1 N–H and O–H groups in total. The second-order valence-electron chi connectivity index (χ2n) is 6.36. The van der Waals surface area contributed by atoms with Gasteiger partial charge in [0.1, 0.15) is 0 Å². The highest BCUT2D eigenvalue weighted by Crippen LogP contribution is 2.27. The highest BCUT2D eigenvalue weighted by molar-refractivity contribution is 5.84. The number of nitrogens with zero attached hydrogens (tertiary/aromatic N) is 2. The van der Waals surface area contributed by atoms with E-state index in [0.717, 1.165) is 6.54 Å². The van der Waals surface area contributed by atoms with E-state index < -0.39 is 0 Å². The number of nitrogens with one attached hydrogen (secondary N) is 1. The van der Waals surface area contributed by atoms with Crippen LogP contribution in [0, 0.1) is 5.92 Å². The van der Waals surface area contributed by atoms with E-state index in [2.05, 4.69) is 36.3 Å². The highest BCUT2D eigenvalue weighted by atomic mass is 16.2. The van der Waals surface area contributed by atoms with Gasteiger partial charge in [-0.1, -0.05) is 18.2 Å². The largest absolute Gasteiger partial charge is 0.372 e. The lowest BCUT2D eigenvalue weighted by Gasteiger charge is -2.33. The summed E-state index contributed by atoms with van der Waals surface area (Å²) in [5.41, 5.74) is 2.38. The normalized spacial score (nSPS) is 25.3. The molecule has 5 nitrogen and oxygen atoms in total. The van der Waals surface area contributed by atoms with Gasteiger partial charge >= 0.3 is 0 Å². The fourth-order valence-corrected chi connectivity index (χ4v) is 3.42. The Balaban J connectivity index is 1.81. The Morgan fingerprint density at radius 3 is 2.82 bits per heavy atom. The Hall–Kier alpha value is -2.04. The first-order valence-corrected chi connectivity index (χ1v) is 7.92. The summed E-state index contributed by atoms with van der Waals surface area (Å²) in [6.45, 7) is 4.03. The Kier molecular flexibility index (Phi) is 4.05. The topological polar surface area (TPSA) is 52.7 Å². The third kappa shape index (κ3) is 2.80. The van der Waals surface area contributed by atoms with E-state index in [1.165, 1.54) is 11.3 Å². The molecule has 2 aliphatic rings. The molecule has 2 atom stereocenters. The van der Waals surface area contributed by atoms with Crippen molar-refractivity contribution in [2.75, 3.05) is 25.0 Å². The molecule has 1 saturated heterocycles. The number of hydrogen-bond acceptors (Lipinski definition) is 3. The van der Waals surface area contributed by atoms with E-state index in [1.807, 2.05) is 17.0 Å². The van der Waals surface area contributed by atoms with Crippen LogP contribution in [0.5, 0.6) is 0 Å². The van der Waals surface area contributed by atoms with Crippen LogP contribution in [-0.2, 0) is 16.1 Å². The number of piperidine rings is 1. The van der Waals surface area contributed by atoms with Gasteiger partial charge in [0.05, 0.1) is 5.92 Å². The van der Waals surface area contributed by atoms with Gasteiger partial charge in [-0.2, -0.15) is 0 Å². The molecule has 0 aromatic heterocycles. The van der Waals surface area contributed by atoms with Crippen molar-refractivity contribution in [3.05, 3.63) is 29.8 Å². The molecule has 2 amide bonds. The van der Waals surface area contributed by atoms with Crippen molar-refractivity contribution in [3.63, 3.8) is 0 Å². The van der Waals surface area contributed by atoms with Gasteiger partial charge < -0.3 is 15.1 Å². The van der Waals surface area contributed by atoms with Gasteiger partial charge in [-0.15, -0.1) is 0 Å². The molecule has 0 saturated carbocycles. The van der Waals surface area contributed by atoms with Crippen molar-refractivity contribution in [2.24, 2.45) is 5.92 Å². The third-order valence-electron chi connectivity index (χ3n) is 4.71. The number of carbonyl (C=O) groups is 2. The van der Waals surface area contributed by atoms with Crippen LogP contribution in [0.4, 0.5) is 5.69 Å². The summed E-state index contributed by atoms with van der Waals surface area (Å²) in [6, 6.07) is 8.41. The van der Waals surface area contributed by atoms with Gasteiger partial charge in [-0.3, -0.25) is 9.59 Å². The zero-order chi connectivity index (χ0) is 15.7. The summed E-state index contributed by atoms with van der Waals surface area (Å²) in [5, 5.41) is 2.81. The van der Waals surface area contributed by atoms with Crippen molar-refractivity contribution in [1.29, 1.82) is 0 Å². The summed E-state index contributed by atoms with van der Waals surface area (Å²) in [6.07, 6.45) is 1.11. The van der Waals surface area contributed by atoms with Crippen LogP contribution in [0.3, 0.4) is 0 Å². The molecule has 0 bridgehead atoms. The Morgan fingerprint density at radius 1 is 1.32 bits per heavy atom. The van der Waals surface area contributed by atoms with E-state index in [-0.39, 0.29) is 23.8 Å². The monoisotopic (exact) mass is 301 g/mol. The van der Waals surface area contributed by atoms with Gasteiger partial charge in [0.25, 0.3) is 0 Å². The second-order valence-corrected chi connectivity index (χ2v) is 6.36. The molecule has 3 rings (SSSR count). The molecule has 0 spiro atoms. The van der Waals surface area contributed by atoms with Crippen LogP contribution >= 0.6 is 0 Å². The number of amides is 2. The molecular formula is C17H23N3O2. The van der Waals surface area contributed by atoms with Gasteiger partial charge in [0.15, 0.2) is 0 Å². The van der Waals surface area contributed by atoms with Crippen molar-refractivity contribution < 1.29 is 9.59 Å². The summed E-state index contributed by atoms with van der Waals surface area (Å²) >= 11 is 0. The zero-order valence-electron chi connectivity index (χ0n) is 13.2. The number of carbonyl (C=O) groups excluding carboxylic acids is 2. The number of anilines is 1. The summed E-state index contributed by atoms with van der Waals surface area (Å²) < 4.78 is 0. The molecule has 2 heterocycles. The lowest BCUT2D eigenvalue weighted by Crippen LogP contribution is -2.48. The van der Waals surface area contributed by atoms with Crippen molar-refractivity contribution in [1.82, 2.24) is 10.2 Å². The standard InChI is InChI=1S/C17H23N3O2/c1-12-10-19(2)15-6-4-3-5-14(15)11-20(12)17(22)13-7-8-16(21)18-9-13/h3-6,12-13H,7-11H2,1-2H3,(H,18,21)/t12-,13-/m0/s1. The fourth-order valence-electron chi connectivity index (χ4n) is 3.42. The molecule has 0 aliphatic carbocycles. The lowest BCUT2D eigenvalue weighted by atomic mass is 9.96. The molecular weight excluding hydrogens is 278 g/mol. The molecule has 0 unspecified atom stereocenters. The van der Waals surface area contributed by atoms with Crippen LogP contribution in [0.2, 0.25) is 0 Å². The Bertz CT molecular complexity index is 577. The maximum atomic E-state index is 12.9. The SMILES string of the molecule is C[C@H]1CN(C)c2ccccc2CN1C(=O)[C@H]1CCC(=O)NC1. The first kappa shape index (κ1) is 14.9. The van der Waals surface area contributed by atoms with Crippen LogP contribution < -0.4 is 10.2 Å². The minimum Gasteiger partial charge on any atom is -0.372 e. The summed E-state index contributed by atoms with van der Waals surface area (Å²) in [7, 11) is 2.07. The molecule has 1 aromatic rings. The summed E-state index contributed by atoms with van der Waals surface area (Å²) in [4.78, 5) is 28.4. The molecule has 1 fully saturated rings. The van der Waals surface area contributed by atoms with E-state index in [9.17, 15) is 9.59 Å². The van der Waals surface area contributed by atoms with Crippen LogP contribution in [0.1, 0.15) is 25.3 Å². The van der Waals surface area contributed by atoms with Gasteiger partial charge in [0, 0.05) is 44.8 Å². The number of benzene rings is 1. The number of likely N-dealkylation sites (N-methyl/N-ethyl adjacent to an activating group) is 1. The molecule has 5 heteroatoms. The number of rotatable bonds is 1. The lowest BCUT2D eigenvalue weighted by molar-refractivity contribution is -0.139. The molecule has 1 aromatic carbocycles. The van der Waals surface area contributed by atoms with E-state index in [0.29, 0.717) is 25.9 Å². The zero-order valence-corrected chi connectivity index (χ0v) is 13.2. The maximum absolute atomic E-state index is 12.9. The van der Waals surface area contributed by atoms with E-state index in [4.69, 9.17) is 0 Å². The average Bonchev–Trinajstić information content (AvgIpc) is 2.64. The van der Waals surface area contributed by atoms with Gasteiger partial charge in [-0.05, 0) is 25.0 Å². The van der Waals surface area contributed by atoms with E-state index in [1.54, 1.807) is 0 Å². The summed E-state index contributed by atoms with van der Waals surface area (Å²) in [5.74, 6) is 0.131. The van der Waals surface area contributed by atoms with Crippen LogP contribution in [0.15, 0.2) is 24.3 Å². The second kappa shape index (κ2) is 5.99. The average molecular weight is 301 g/mol.